The van der Waals surface area contributed by atoms with Gasteiger partial charge in [0.1, 0.15) is 0 Å². The molecule has 2 N–H and O–H groups in total. The van der Waals surface area contributed by atoms with Crippen LogP contribution in [0.2, 0.25) is 0 Å². The van der Waals surface area contributed by atoms with Crippen LogP contribution in [0.5, 0.6) is 0 Å². The maximum atomic E-state index is 12.5. The molecule has 0 aromatic rings. The van der Waals surface area contributed by atoms with Gasteiger partial charge in [0.2, 0.25) is 5.91 Å². The molecule has 1 heterocycles. The Balaban J connectivity index is 2.11. The molecule has 2 rings (SSSR count). The molecule has 17 heavy (non-hydrogen) atoms. The molecule has 0 aromatic carbocycles. The SMILES string of the molecule is CC(C)(CN)C(=O)N1CCOC2CCCCC21. The summed E-state index contributed by atoms with van der Waals surface area (Å²) in [5, 5.41) is 0. The summed E-state index contributed by atoms with van der Waals surface area (Å²) in [7, 11) is 0. The molecule has 0 radical (unpaired) electrons. The number of hydrogen-bond acceptors (Lipinski definition) is 3. The molecule has 0 spiro atoms. The maximum absolute atomic E-state index is 12.5. The fraction of sp³-hybridized carbons (Fsp3) is 0.923. The van der Waals surface area contributed by atoms with Crippen LogP contribution in [0.4, 0.5) is 0 Å². The van der Waals surface area contributed by atoms with Crippen LogP contribution >= 0.6 is 0 Å². The molecule has 98 valence electrons. The summed E-state index contributed by atoms with van der Waals surface area (Å²) < 4.78 is 5.78. The van der Waals surface area contributed by atoms with Gasteiger partial charge in [-0.15, -0.1) is 0 Å². The monoisotopic (exact) mass is 240 g/mol. The van der Waals surface area contributed by atoms with Crippen molar-refractivity contribution >= 4 is 5.91 Å². The minimum atomic E-state index is -0.445. The largest absolute Gasteiger partial charge is 0.374 e. The van der Waals surface area contributed by atoms with Crippen molar-refractivity contribution in [3.63, 3.8) is 0 Å². The lowest BCUT2D eigenvalue weighted by Gasteiger charge is -2.46. The molecule has 2 fully saturated rings. The fourth-order valence-corrected chi connectivity index (χ4v) is 2.82. The van der Waals surface area contributed by atoms with Crippen LogP contribution in [-0.2, 0) is 9.53 Å². The van der Waals surface area contributed by atoms with Crippen LogP contribution in [0.15, 0.2) is 0 Å². The Morgan fingerprint density at radius 2 is 2.12 bits per heavy atom. The lowest BCUT2D eigenvalue weighted by molar-refractivity contribution is -0.157. The number of rotatable bonds is 2. The van der Waals surface area contributed by atoms with E-state index >= 15 is 0 Å². The van der Waals surface area contributed by atoms with Crippen LogP contribution in [0.1, 0.15) is 39.5 Å². The molecule has 0 bridgehead atoms. The zero-order valence-corrected chi connectivity index (χ0v) is 10.9. The molecule has 1 aliphatic heterocycles. The molecule has 0 aromatic heterocycles. The standard InChI is InChI=1S/C13H24N2O2/c1-13(2,9-14)12(16)15-7-8-17-11-6-4-3-5-10(11)15/h10-11H,3-9,14H2,1-2H3. The molecule has 4 nitrogen and oxygen atoms in total. The van der Waals surface area contributed by atoms with Gasteiger partial charge >= 0.3 is 0 Å². The summed E-state index contributed by atoms with van der Waals surface area (Å²) in [4.78, 5) is 14.5. The minimum absolute atomic E-state index is 0.195. The van der Waals surface area contributed by atoms with E-state index in [0.717, 1.165) is 19.4 Å². The minimum Gasteiger partial charge on any atom is -0.374 e. The number of ether oxygens (including phenoxy) is 1. The summed E-state index contributed by atoms with van der Waals surface area (Å²) in [6.45, 7) is 5.67. The number of carbonyl (C=O) groups is 1. The third-order valence-electron chi connectivity index (χ3n) is 4.08. The van der Waals surface area contributed by atoms with Crippen molar-refractivity contribution in [2.75, 3.05) is 19.7 Å². The van der Waals surface area contributed by atoms with Crippen LogP contribution in [-0.4, -0.2) is 42.6 Å². The number of amides is 1. The van der Waals surface area contributed by atoms with Crippen molar-refractivity contribution in [3.05, 3.63) is 0 Å². The summed E-state index contributed by atoms with van der Waals surface area (Å²) in [6, 6.07) is 0.288. The molecular weight excluding hydrogens is 216 g/mol. The van der Waals surface area contributed by atoms with Crippen LogP contribution in [0, 0.1) is 5.41 Å². The zero-order chi connectivity index (χ0) is 12.5. The van der Waals surface area contributed by atoms with Crippen molar-refractivity contribution in [1.82, 2.24) is 4.90 Å². The third-order valence-corrected chi connectivity index (χ3v) is 4.08. The van der Waals surface area contributed by atoms with Crippen LogP contribution in [0.25, 0.3) is 0 Å². The molecule has 1 aliphatic carbocycles. The van der Waals surface area contributed by atoms with Crippen molar-refractivity contribution in [2.45, 2.75) is 51.7 Å². The Morgan fingerprint density at radius 3 is 2.82 bits per heavy atom. The van der Waals surface area contributed by atoms with E-state index in [1.807, 2.05) is 18.7 Å². The lowest BCUT2D eigenvalue weighted by atomic mass is 9.86. The molecule has 2 unspecified atom stereocenters. The van der Waals surface area contributed by atoms with E-state index in [2.05, 4.69) is 0 Å². The first kappa shape index (κ1) is 12.8. The van der Waals surface area contributed by atoms with Crippen LogP contribution in [0.3, 0.4) is 0 Å². The third kappa shape index (κ3) is 2.47. The average Bonchev–Trinajstić information content (AvgIpc) is 2.37. The Hall–Kier alpha value is -0.610. The van der Waals surface area contributed by atoms with Crippen molar-refractivity contribution in [3.8, 4) is 0 Å². The normalized spacial score (nSPS) is 29.9. The van der Waals surface area contributed by atoms with Gasteiger partial charge in [0.15, 0.2) is 0 Å². The summed E-state index contributed by atoms with van der Waals surface area (Å²) in [6.07, 6.45) is 4.87. The highest BCUT2D eigenvalue weighted by Crippen LogP contribution is 2.31. The van der Waals surface area contributed by atoms with Gasteiger partial charge in [-0.2, -0.15) is 0 Å². The second-order valence-corrected chi connectivity index (χ2v) is 5.85. The second kappa shape index (κ2) is 4.94. The lowest BCUT2D eigenvalue weighted by Crippen LogP contribution is -2.58. The number of nitrogens with zero attached hydrogens (tertiary/aromatic N) is 1. The van der Waals surface area contributed by atoms with Gasteiger partial charge in [-0.05, 0) is 26.7 Å². The van der Waals surface area contributed by atoms with Crippen molar-refractivity contribution in [1.29, 1.82) is 0 Å². The smallest absolute Gasteiger partial charge is 0.229 e. The van der Waals surface area contributed by atoms with Gasteiger partial charge in [-0.25, -0.2) is 0 Å². The number of nitrogens with two attached hydrogens (primary N) is 1. The highest BCUT2D eigenvalue weighted by molar-refractivity contribution is 5.82. The topological polar surface area (TPSA) is 55.6 Å². The highest BCUT2D eigenvalue weighted by atomic mass is 16.5. The van der Waals surface area contributed by atoms with E-state index in [9.17, 15) is 4.79 Å². The number of morpholine rings is 1. The first-order chi connectivity index (χ1) is 8.06. The Kier molecular flexibility index (Phi) is 3.73. The van der Waals surface area contributed by atoms with Crippen molar-refractivity contribution < 1.29 is 9.53 Å². The Labute approximate surface area is 103 Å². The van der Waals surface area contributed by atoms with E-state index in [0.29, 0.717) is 13.2 Å². The van der Waals surface area contributed by atoms with Gasteiger partial charge in [0, 0.05) is 13.1 Å². The Morgan fingerprint density at radius 1 is 1.41 bits per heavy atom. The highest BCUT2D eigenvalue weighted by Gasteiger charge is 2.40. The summed E-state index contributed by atoms with van der Waals surface area (Å²) >= 11 is 0. The quantitative estimate of drug-likeness (QED) is 0.787. The molecule has 1 saturated heterocycles. The summed E-state index contributed by atoms with van der Waals surface area (Å²) in [5.41, 5.74) is 5.26. The predicted molar refractivity (Wildman–Crippen MR) is 66.5 cm³/mol. The number of carbonyl (C=O) groups excluding carboxylic acids is 1. The van der Waals surface area contributed by atoms with Crippen LogP contribution < -0.4 is 5.73 Å². The van der Waals surface area contributed by atoms with E-state index < -0.39 is 5.41 Å². The first-order valence-electron chi connectivity index (χ1n) is 6.69. The summed E-state index contributed by atoms with van der Waals surface area (Å²) in [5.74, 6) is 0.195. The zero-order valence-electron chi connectivity index (χ0n) is 10.9. The van der Waals surface area contributed by atoms with E-state index in [-0.39, 0.29) is 18.1 Å². The predicted octanol–water partition coefficient (Wildman–Crippen LogP) is 1.14. The average molecular weight is 240 g/mol. The van der Waals surface area contributed by atoms with E-state index in [1.54, 1.807) is 0 Å². The molecule has 1 amide bonds. The van der Waals surface area contributed by atoms with Gasteiger partial charge in [0.05, 0.1) is 24.2 Å². The Bertz CT molecular complexity index is 289. The van der Waals surface area contributed by atoms with Gasteiger partial charge in [-0.1, -0.05) is 12.8 Å². The molecule has 1 saturated carbocycles. The maximum Gasteiger partial charge on any atom is 0.229 e. The second-order valence-electron chi connectivity index (χ2n) is 5.85. The molecular formula is C13H24N2O2. The number of hydrogen-bond donors (Lipinski definition) is 1. The van der Waals surface area contributed by atoms with Gasteiger partial charge < -0.3 is 15.4 Å². The van der Waals surface area contributed by atoms with Gasteiger partial charge in [0.25, 0.3) is 0 Å². The van der Waals surface area contributed by atoms with Gasteiger partial charge in [-0.3, -0.25) is 4.79 Å². The fourth-order valence-electron chi connectivity index (χ4n) is 2.82. The molecule has 4 heteroatoms. The van der Waals surface area contributed by atoms with Crippen molar-refractivity contribution in [2.24, 2.45) is 11.1 Å². The molecule has 2 atom stereocenters. The first-order valence-corrected chi connectivity index (χ1v) is 6.69. The van der Waals surface area contributed by atoms with E-state index in [1.165, 1.54) is 12.8 Å². The number of fused-ring (bicyclic) bond motifs is 1. The van der Waals surface area contributed by atoms with E-state index in [4.69, 9.17) is 10.5 Å². The molecule has 2 aliphatic rings.